The Hall–Kier alpha value is -3.62. The van der Waals surface area contributed by atoms with Gasteiger partial charge in [0.2, 0.25) is 11.7 Å². The molecule has 0 spiro atoms. The van der Waals surface area contributed by atoms with Gasteiger partial charge in [-0.2, -0.15) is 4.98 Å². The highest BCUT2D eigenvalue weighted by atomic mass is 16.5. The molecule has 1 fully saturated rings. The van der Waals surface area contributed by atoms with E-state index in [0.29, 0.717) is 43.0 Å². The lowest BCUT2D eigenvalue weighted by atomic mass is 9.96. The summed E-state index contributed by atoms with van der Waals surface area (Å²) < 4.78 is 16.1. The quantitative estimate of drug-likeness (QED) is 0.619. The van der Waals surface area contributed by atoms with Crippen LogP contribution in [0.3, 0.4) is 0 Å². The van der Waals surface area contributed by atoms with Crippen molar-refractivity contribution in [1.29, 1.82) is 0 Å². The number of piperidine rings is 1. The van der Waals surface area contributed by atoms with Crippen molar-refractivity contribution in [3.8, 4) is 22.9 Å². The minimum Gasteiger partial charge on any atom is -0.493 e. The number of aromatic nitrogens is 3. The van der Waals surface area contributed by atoms with E-state index in [1.807, 2.05) is 29.2 Å². The number of pyridine rings is 1. The van der Waals surface area contributed by atoms with E-state index in [1.165, 1.54) is 0 Å². The first-order chi connectivity index (χ1) is 15.2. The van der Waals surface area contributed by atoms with Crippen LogP contribution in [0.5, 0.6) is 11.5 Å². The molecule has 1 N–H and O–H groups in total. The third-order valence-electron chi connectivity index (χ3n) is 5.38. The molecule has 9 nitrogen and oxygen atoms in total. The monoisotopic (exact) mass is 423 g/mol. The molecule has 1 aliphatic heterocycles. The highest BCUT2D eigenvalue weighted by Crippen LogP contribution is 2.32. The molecule has 9 heteroatoms. The summed E-state index contributed by atoms with van der Waals surface area (Å²) in [5, 5.41) is 7.10. The number of ether oxygens (including phenoxy) is 2. The first-order valence-corrected chi connectivity index (χ1v) is 10.2. The summed E-state index contributed by atoms with van der Waals surface area (Å²) in [6.07, 6.45) is 4.93. The van der Waals surface area contributed by atoms with Crippen molar-refractivity contribution in [2.45, 2.75) is 19.4 Å². The van der Waals surface area contributed by atoms with E-state index in [4.69, 9.17) is 14.0 Å². The van der Waals surface area contributed by atoms with E-state index in [0.717, 1.165) is 24.0 Å². The molecule has 162 valence electrons. The molecular weight excluding hydrogens is 398 g/mol. The average molecular weight is 423 g/mol. The van der Waals surface area contributed by atoms with Crippen molar-refractivity contribution in [3.63, 3.8) is 0 Å². The third-order valence-corrected chi connectivity index (χ3v) is 5.38. The van der Waals surface area contributed by atoms with E-state index in [1.54, 1.807) is 32.7 Å². The second-order valence-corrected chi connectivity index (χ2v) is 7.31. The van der Waals surface area contributed by atoms with Gasteiger partial charge in [-0.15, -0.1) is 0 Å². The average Bonchev–Trinajstić information content (AvgIpc) is 3.33. The fraction of sp³-hybridized carbons (Fsp3) is 0.364. The molecule has 4 rings (SSSR count). The van der Waals surface area contributed by atoms with Crippen LogP contribution in [0, 0.1) is 5.92 Å². The van der Waals surface area contributed by atoms with E-state index < -0.39 is 0 Å². The second-order valence-electron chi connectivity index (χ2n) is 7.31. The molecule has 0 radical (unpaired) electrons. The van der Waals surface area contributed by atoms with Crippen LogP contribution in [0.15, 0.2) is 47.2 Å². The van der Waals surface area contributed by atoms with Gasteiger partial charge in [0.1, 0.15) is 0 Å². The summed E-state index contributed by atoms with van der Waals surface area (Å²) in [6, 6.07) is 9.74. The summed E-state index contributed by atoms with van der Waals surface area (Å²) in [5.41, 5.74) is 1.76. The lowest BCUT2D eigenvalue weighted by Gasteiger charge is -2.29. The Kier molecular flexibility index (Phi) is 6.30. The Labute approximate surface area is 180 Å². The lowest BCUT2D eigenvalue weighted by molar-refractivity contribution is -0.125. The zero-order chi connectivity index (χ0) is 21.6. The maximum absolute atomic E-state index is 12.5. The Morgan fingerprint density at radius 2 is 2.00 bits per heavy atom. The van der Waals surface area contributed by atoms with Crippen LogP contribution in [0.2, 0.25) is 0 Å². The van der Waals surface area contributed by atoms with E-state index in [9.17, 15) is 4.79 Å². The van der Waals surface area contributed by atoms with Crippen LogP contribution in [0.1, 0.15) is 18.4 Å². The van der Waals surface area contributed by atoms with E-state index >= 15 is 0 Å². The molecule has 2 aromatic heterocycles. The fourth-order valence-corrected chi connectivity index (χ4v) is 3.61. The number of amides is 1. The normalized spacial score (nSPS) is 14.3. The number of rotatable bonds is 7. The Morgan fingerprint density at radius 3 is 2.71 bits per heavy atom. The fourth-order valence-electron chi connectivity index (χ4n) is 3.61. The molecule has 1 aromatic carbocycles. The van der Waals surface area contributed by atoms with E-state index in [-0.39, 0.29) is 11.8 Å². The predicted molar refractivity (Wildman–Crippen MR) is 114 cm³/mol. The Balaban J connectivity index is 1.33. The number of hydrogen-bond donors (Lipinski definition) is 1. The third kappa shape index (κ3) is 4.76. The molecule has 3 heterocycles. The summed E-state index contributed by atoms with van der Waals surface area (Å²) >= 11 is 0. The van der Waals surface area contributed by atoms with Gasteiger partial charge >= 0.3 is 6.01 Å². The molecule has 0 saturated carbocycles. The second kappa shape index (κ2) is 9.46. The van der Waals surface area contributed by atoms with Gasteiger partial charge in [0.25, 0.3) is 0 Å². The topological polar surface area (TPSA) is 103 Å². The zero-order valence-corrected chi connectivity index (χ0v) is 17.6. The number of anilines is 1. The van der Waals surface area contributed by atoms with Gasteiger partial charge in [-0.25, -0.2) is 0 Å². The standard InChI is InChI=1S/C22H25N5O4/c1-29-18-6-5-17(12-19(18)30-2)20-25-22(31-26-20)27-10-7-16(8-11-27)21(28)24-14-15-4-3-9-23-13-15/h3-6,9,12-13,16H,7-8,10-11,14H2,1-2H3,(H,24,28). The molecule has 3 aromatic rings. The van der Waals surface area contributed by atoms with Crippen LogP contribution in [-0.2, 0) is 11.3 Å². The van der Waals surface area contributed by atoms with Gasteiger partial charge in [-0.3, -0.25) is 9.78 Å². The molecule has 0 unspecified atom stereocenters. The number of methoxy groups -OCH3 is 2. The number of benzene rings is 1. The maximum Gasteiger partial charge on any atom is 0.324 e. The summed E-state index contributed by atoms with van der Waals surface area (Å²) in [6.45, 7) is 1.85. The Morgan fingerprint density at radius 1 is 1.19 bits per heavy atom. The predicted octanol–water partition coefficient (Wildman–Crippen LogP) is 2.68. The van der Waals surface area contributed by atoms with Crippen molar-refractivity contribution in [2.24, 2.45) is 5.92 Å². The summed E-state index contributed by atoms with van der Waals surface area (Å²) in [7, 11) is 3.17. The van der Waals surface area contributed by atoms with Crippen molar-refractivity contribution >= 4 is 11.9 Å². The molecule has 1 amide bonds. The number of carbonyl (C=O) groups is 1. The first kappa shape index (κ1) is 20.6. The highest BCUT2D eigenvalue weighted by Gasteiger charge is 2.27. The molecule has 0 aliphatic carbocycles. The summed E-state index contributed by atoms with van der Waals surface area (Å²) in [4.78, 5) is 23.1. The Bertz CT molecular complexity index is 1020. The number of carbonyl (C=O) groups excluding carboxylic acids is 1. The van der Waals surface area contributed by atoms with E-state index in [2.05, 4.69) is 20.4 Å². The molecule has 1 aliphatic rings. The lowest BCUT2D eigenvalue weighted by Crippen LogP contribution is -2.40. The van der Waals surface area contributed by atoms with Gasteiger partial charge in [-0.1, -0.05) is 11.2 Å². The summed E-state index contributed by atoms with van der Waals surface area (Å²) in [5.74, 6) is 1.76. The maximum atomic E-state index is 12.5. The van der Waals surface area contributed by atoms with Crippen LogP contribution in [0.4, 0.5) is 6.01 Å². The minimum atomic E-state index is -0.0267. The van der Waals surface area contributed by atoms with Gasteiger partial charge in [0.05, 0.1) is 14.2 Å². The molecule has 0 bridgehead atoms. The van der Waals surface area contributed by atoms with Crippen molar-refractivity contribution < 1.29 is 18.8 Å². The SMILES string of the molecule is COc1ccc(-c2noc(N3CCC(C(=O)NCc4cccnc4)CC3)n2)cc1OC. The van der Waals surface area contributed by atoms with Crippen molar-refractivity contribution in [1.82, 2.24) is 20.4 Å². The largest absolute Gasteiger partial charge is 0.493 e. The van der Waals surface area contributed by atoms with Crippen LogP contribution in [0.25, 0.3) is 11.4 Å². The first-order valence-electron chi connectivity index (χ1n) is 10.2. The number of nitrogens with one attached hydrogen (secondary N) is 1. The highest BCUT2D eigenvalue weighted by molar-refractivity contribution is 5.78. The molecular formula is C22H25N5O4. The number of hydrogen-bond acceptors (Lipinski definition) is 8. The van der Waals surface area contributed by atoms with Gasteiger partial charge < -0.3 is 24.2 Å². The minimum absolute atomic E-state index is 0.0267. The van der Waals surface area contributed by atoms with Crippen molar-refractivity contribution in [3.05, 3.63) is 48.3 Å². The molecule has 1 saturated heterocycles. The molecule has 0 atom stereocenters. The van der Waals surface area contributed by atoms with Gasteiger partial charge in [0, 0.05) is 43.5 Å². The molecule has 31 heavy (non-hydrogen) atoms. The van der Waals surface area contributed by atoms with Crippen LogP contribution >= 0.6 is 0 Å². The van der Waals surface area contributed by atoms with Crippen LogP contribution < -0.4 is 19.7 Å². The van der Waals surface area contributed by atoms with Gasteiger partial charge in [0.15, 0.2) is 11.5 Å². The van der Waals surface area contributed by atoms with Crippen molar-refractivity contribution in [2.75, 3.05) is 32.2 Å². The smallest absolute Gasteiger partial charge is 0.324 e. The van der Waals surface area contributed by atoms with Gasteiger partial charge in [-0.05, 0) is 42.7 Å². The van der Waals surface area contributed by atoms with Crippen LogP contribution in [-0.4, -0.2) is 48.3 Å². The zero-order valence-electron chi connectivity index (χ0n) is 17.6. The number of nitrogens with zero attached hydrogens (tertiary/aromatic N) is 4.